The van der Waals surface area contributed by atoms with Gasteiger partial charge in [0.25, 0.3) is 11.7 Å². The molecule has 0 atom stereocenters. The van der Waals surface area contributed by atoms with Gasteiger partial charge in [0.2, 0.25) is 11.7 Å². The van der Waals surface area contributed by atoms with Crippen molar-refractivity contribution in [3.63, 3.8) is 0 Å². The molecule has 0 N–H and O–H groups in total. The van der Waals surface area contributed by atoms with Gasteiger partial charge in [-0.15, -0.1) is 0 Å². The molecule has 190 valence electrons. The molecule has 0 saturated carbocycles. The van der Waals surface area contributed by atoms with Crippen LogP contribution in [-0.2, 0) is 0 Å². The summed E-state index contributed by atoms with van der Waals surface area (Å²) in [5, 5.41) is 0. The van der Waals surface area contributed by atoms with Gasteiger partial charge in [0.05, 0.1) is 18.2 Å². The second-order valence-corrected chi connectivity index (χ2v) is 10.1. The Bertz CT molecular complexity index is 2150. The van der Waals surface area contributed by atoms with Crippen molar-refractivity contribution < 1.29 is 4.58 Å². The maximum atomic E-state index is 5.12. The summed E-state index contributed by atoms with van der Waals surface area (Å²) in [6.07, 6.45) is 0. The summed E-state index contributed by atoms with van der Waals surface area (Å²) in [6, 6.07) is 32.2. The quantitative estimate of drug-likeness (QED) is 0.302. The first-order valence-corrected chi connectivity index (χ1v) is 13.3. The lowest BCUT2D eigenvalue weighted by Crippen LogP contribution is -2.18. The van der Waals surface area contributed by atoms with E-state index in [1.165, 1.54) is 0 Å². The predicted molar refractivity (Wildman–Crippen MR) is 162 cm³/mol. The zero-order valence-corrected chi connectivity index (χ0v) is 21.8. The van der Waals surface area contributed by atoms with E-state index in [1.54, 1.807) is 0 Å². The third kappa shape index (κ3) is 3.15. The van der Waals surface area contributed by atoms with Crippen molar-refractivity contribution in [1.29, 1.82) is 0 Å². The van der Waals surface area contributed by atoms with E-state index in [2.05, 4.69) is 12.1 Å². The summed E-state index contributed by atoms with van der Waals surface area (Å²) in [5.41, 5.74) is 7.45. The monoisotopic (exact) mass is 527 g/mol. The van der Waals surface area contributed by atoms with Crippen LogP contribution in [0.15, 0.2) is 132 Å². The molecular formula is C33H19N8+. The van der Waals surface area contributed by atoms with E-state index in [4.69, 9.17) is 34.9 Å². The highest BCUT2D eigenvalue weighted by molar-refractivity contribution is 6.34. The Morgan fingerprint density at radius 2 is 0.634 bits per heavy atom. The lowest BCUT2D eigenvalue weighted by Gasteiger charge is -2.00. The Labute approximate surface area is 234 Å². The number of fused-ring (bicyclic) bond motifs is 16. The van der Waals surface area contributed by atoms with E-state index in [0.29, 0.717) is 35.0 Å². The van der Waals surface area contributed by atoms with Gasteiger partial charge in [0, 0.05) is 33.4 Å². The van der Waals surface area contributed by atoms with Crippen LogP contribution in [0.25, 0.3) is 0 Å². The Balaban J connectivity index is 1.38. The minimum absolute atomic E-state index is 0.564. The van der Waals surface area contributed by atoms with Crippen LogP contribution in [0.3, 0.4) is 0 Å². The number of rotatable bonds is 0. The standard InChI is InChI=1S/C33H19N8/c1-41-32-24-16-8-9-17-25(24)33(41)40-31-23-15-7-5-13-21(23)29(38-31)36-27-19-11-3-2-10-18(19)26(34-27)35-28-20-12-4-6-14-22(20)30(37-28)39-32/h2-17H,1H3/q+1. The molecule has 5 aliphatic rings. The highest BCUT2D eigenvalue weighted by Crippen LogP contribution is 2.29. The van der Waals surface area contributed by atoms with E-state index in [1.807, 2.05) is 96.6 Å². The van der Waals surface area contributed by atoms with E-state index in [9.17, 15) is 0 Å². The molecule has 5 aliphatic heterocycles. The Morgan fingerprint density at radius 1 is 0.341 bits per heavy atom. The molecule has 0 radical (unpaired) electrons. The van der Waals surface area contributed by atoms with Crippen molar-refractivity contribution in [3.8, 4) is 0 Å². The molecule has 0 aliphatic carbocycles. The average molecular weight is 528 g/mol. The lowest BCUT2D eigenvalue weighted by atomic mass is 10.1. The van der Waals surface area contributed by atoms with Gasteiger partial charge >= 0.3 is 0 Å². The molecule has 0 amide bonds. The number of hydrogen-bond acceptors (Lipinski definition) is 7. The summed E-state index contributed by atoms with van der Waals surface area (Å²) in [6.45, 7) is 0. The fourth-order valence-corrected chi connectivity index (χ4v) is 5.80. The average Bonchev–Trinajstić information content (AvgIpc) is 3.72. The zero-order valence-electron chi connectivity index (χ0n) is 21.8. The van der Waals surface area contributed by atoms with Crippen LogP contribution in [0.2, 0.25) is 0 Å². The van der Waals surface area contributed by atoms with Gasteiger partial charge in [-0.2, -0.15) is 9.98 Å². The Hall–Kier alpha value is -5.76. The van der Waals surface area contributed by atoms with Gasteiger partial charge < -0.3 is 0 Å². The van der Waals surface area contributed by atoms with E-state index >= 15 is 0 Å². The van der Waals surface area contributed by atoms with Gasteiger partial charge in [-0.05, 0) is 24.3 Å². The molecule has 0 fully saturated rings. The van der Waals surface area contributed by atoms with Crippen LogP contribution in [0, 0.1) is 0 Å². The minimum Gasteiger partial charge on any atom is -0.229 e. The first kappa shape index (κ1) is 22.1. The topological polar surface area (TPSA) is 89.5 Å². The van der Waals surface area contributed by atoms with E-state index in [-0.39, 0.29) is 0 Å². The van der Waals surface area contributed by atoms with Crippen molar-refractivity contribution in [2.45, 2.75) is 0 Å². The number of nitrogens with zero attached hydrogens (tertiary/aromatic N) is 8. The Kier molecular flexibility index (Phi) is 4.38. The summed E-state index contributed by atoms with van der Waals surface area (Å²) in [4.78, 5) is 35.0. The van der Waals surface area contributed by atoms with Crippen molar-refractivity contribution in [2.24, 2.45) is 34.9 Å². The molecule has 0 aromatic heterocycles. The van der Waals surface area contributed by atoms with Crippen molar-refractivity contribution >= 4 is 46.7 Å². The molecule has 4 aromatic carbocycles. The molecule has 9 rings (SSSR count). The normalized spacial score (nSPS) is 17.3. The highest BCUT2D eigenvalue weighted by atomic mass is 15.2. The lowest BCUT2D eigenvalue weighted by molar-refractivity contribution is -0.366. The summed E-state index contributed by atoms with van der Waals surface area (Å²) in [5.74, 6) is 5.01. The molecule has 8 nitrogen and oxygen atoms in total. The number of amidine groups is 8. The third-order valence-electron chi connectivity index (χ3n) is 7.75. The fraction of sp³-hybridized carbons (Fsp3) is 0.0303. The maximum Gasteiger partial charge on any atom is 0.273 e. The highest BCUT2D eigenvalue weighted by Gasteiger charge is 2.36. The number of hydrogen-bond donors (Lipinski definition) is 0. The fourth-order valence-electron chi connectivity index (χ4n) is 5.80. The third-order valence-corrected chi connectivity index (χ3v) is 7.75. The minimum atomic E-state index is 0.564. The summed E-state index contributed by atoms with van der Waals surface area (Å²) < 4.78 is 2.01. The first-order chi connectivity index (χ1) is 20.2. The molecule has 5 heterocycles. The van der Waals surface area contributed by atoms with Crippen LogP contribution >= 0.6 is 0 Å². The van der Waals surface area contributed by atoms with Crippen molar-refractivity contribution in [1.82, 2.24) is 0 Å². The number of aliphatic imine (C=N–C) groups is 7. The molecule has 0 saturated heterocycles. The summed E-state index contributed by atoms with van der Waals surface area (Å²) in [7, 11) is 1.98. The number of benzene rings is 4. The van der Waals surface area contributed by atoms with E-state index in [0.717, 1.165) is 56.2 Å². The SMILES string of the molecule is C[N+]1=C2N=C3N=C(N=C4N=C(N=C5N=C(N=C1c1ccccc12)c1ccccc15)c1ccccc14)c1ccccc13. The van der Waals surface area contributed by atoms with Crippen LogP contribution in [0.5, 0.6) is 0 Å². The van der Waals surface area contributed by atoms with Gasteiger partial charge in [-0.3, -0.25) is 0 Å². The molecule has 8 heteroatoms. The Morgan fingerprint density at radius 3 is 1.02 bits per heavy atom. The largest absolute Gasteiger partial charge is 0.273 e. The summed E-state index contributed by atoms with van der Waals surface area (Å²) >= 11 is 0. The van der Waals surface area contributed by atoms with Crippen LogP contribution in [0.4, 0.5) is 0 Å². The van der Waals surface area contributed by atoms with Crippen LogP contribution in [0.1, 0.15) is 44.5 Å². The van der Waals surface area contributed by atoms with Crippen LogP contribution < -0.4 is 0 Å². The van der Waals surface area contributed by atoms with E-state index < -0.39 is 0 Å². The van der Waals surface area contributed by atoms with Crippen molar-refractivity contribution in [2.75, 3.05) is 7.05 Å². The molecule has 0 spiro atoms. The molecule has 0 unspecified atom stereocenters. The molecule has 4 aromatic rings. The second-order valence-electron chi connectivity index (χ2n) is 10.1. The zero-order chi connectivity index (χ0) is 27.1. The molecule has 41 heavy (non-hydrogen) atoms. The smallest absolute Gasteiger partial charge is 0.229 e. The van der Waals surface area contributed by atoms with Gasteiger partial charge in [-0.1, -0.05) is 82.8 Å². The van der Waals surface area contributed by atoms with Crippen LogP contribution in [-0.4, -0.2) is 58.3 Å². The van der Waals surface area contributed by atoms with Gasteiger partial charge in [0.15, 0.2) is 23.3 Å². The maximum absolute atomic E-state index is 5.12. The first-order valence-electron chi connectivity index (χ1n) is 13.3. The van der Waals surface area contributed by atoms with Gasteiger partial charge in [-0.25, -0.2) is 19.6 Å². The van der Waals surface area contributed by atoms with Gasteiger partial charge in [0.1, 0.15) is 0 Å². The predicted octanol–water partition coefficient (Wildman–Crippen LogP) is 4.47. The molecular weight excluding hydrogens is 508 g/mol. The van der Waals surface area contributed by atoms with Crippen molar-refractivity contribution in [3.05, 3.63) is 142 Å². The second kappa shape index (κ2) is 8.12. The molecule has 8 bridgehead atoms.